The molecule has 4 aromatic carbocycles. The molecule has 0 aliphatic carbocycles. The normalized spacial score (nSPS) is 17.1. The van der Waals surface area contributed by atoms with Gasteiger partial charge in [-0.05, 0) is 66.6 Å². The lowest BCUT2D eigenvalue weighted by molar-refractivity contribution is -0.132. The molecule has 1 atom stereocenters. The van der Waals surface area contributed by atoms with Crippen LogP contribution in [0.1, 0.15) is 29.7 Å². The first kappa shape index (κ1) is 28.4. The number of nitrogens with zero attached hydrogens (tertiary/aromatic N) is 2. The summed E-state index contributed by atoms with van der Waals surface area (Å²) in [6.45, 7) is 3.59. The lowest BCUT2D eigenvalue weighted by Gasteiger charge is -2.23. The predicted molar refractivity (Wildman–Crippen MR) is 170 cm³/mol. The van der Waals surface area contributed by atoms with E-state index >= 15 is 0 Å². The lowest BCUT2D eigenvalue weighted by atomic mass is 9.95. The van der Waals surface area contributed by atoms with Crippen molar-refractivity contribution < 1.29 is 33.6 Å². The maximum Gasteiger partial charge on any atom is 0.301 e. The van der Waals surface area contributed by atoms with E-state index < -0.39 is 17.7 Å². The largest absolute Gasteiger partial charge is 0.507 e. The van der Waals surface area contributed by atoms with Gasteiger partial charge in [0.05, 0.1) is 28.4 Å². The minimum absolute atomic E-state index is 0.0520. The van der Waals surface area contributed by atoms with Crippen molar-refractivity contribution in [3.05, 3.63) is 113 Å². The van der Waals surface area contributed by atoms with Crippen LogP contribution in [0.15, 0.2) is 96.6 Å². The summed E-state index contributed by atoms with van der Waals surface area (Å²) in [7, 11) is 0. The summed E-state index contributed by atoms with van der Waals surface area (Å²) in [5.41, 5.74) is 2.57. The third-order valence-electron chi connectivity index (χ3n) is 7.57. The molecule has 1 saturated heterocycles. The Morgan fingerprint density at radius 2 is 1.67 bits per heavy atom. The second-order valence-electron chi connectivity index (χ2n) is 10.4. The number of anilines is 1. The van der Waals surface area contributed by atoms with Crippen LogP contribution in [0.2, 0.25) is 0 Å². The summed E-state index contributed by atoms with van der Waals surface area (Å²) in [4.78, 5) is 33.5. The van der Waals surface area contributed by atoms with Crippen molar-refractivity contribution in [1.82, 2.24) is 4.98 Å². The quantitative estimate of drug-likeness (QED) is 0.116. The zero-order valence-corrected chi connectivity index (χ0v) is 25.1. The third kappa shape index (κ3) is 5.44. The van der Waals surface area contributed by atoms with Crippen molar-refractivity contribution >= 4 is 44.1 Å². The highest BCUT2D eigenvalue weighted by Crippen LogP contribution is 2.45. The number of carbonyl (C=O) groups excluding carboxylic acids is 2. The SMILES string of the molecule is CCOc1ccc2nc(N3C(=O)C(=O)/C(=C(/O)c4ccc5c(c4)OCCO5)[C@@H]3c3ccc(OCc4ccccc4)cc3)sc2c1. The first-order valence-corrected chi connectivity index (χ1v) is 15.3. The number of hydrogen-bond donors (Lipinski definition) is 1. The molecule has 1 amide bonds. The monoisotopic (exact) mass is 620 g/mol. The summed E-state index contributed by atoms with van der Waals surface area (Å²) in [6.07, 6.45) is 0. The van der Waals surface area contributed by atoms with Crippen molar-refractivity contribution in [2.24, 2.45) is 0 Å². The van der Waals surface area contributed by atoms with Crippen LogP contribution in [-0.2, 0) is 16.2 Å². The van der Waals surface area contributed by atoms with Gasteiger partial charge < -0.3 is 24.1 Å². The molecule has 1 aromatic heterocycles. The maximum absolute atomic E-state index is 13.7. The van der Waals surface area contributed by atoms with Crippen molar-refractivity contribution in [3.8, 4) is 23.0 Å². The number of fused-ring (bicyclic) bond motifs is 2. The molecule has 1 N–H and O–H groups in total. The van der Waals surface area contributed by atoms with Crippen molar-refractivity contribution in [1.29, 1.82) is 0 Å². The van der Waals surface area contributed by atoms with Gasteiger partial charge in [-0.25, -0.2) is 4.98 Å². The van der Waals surface area contributed by atoms with Crippen LogP contribution in [-0.4, -0.2) is 41.6 Å². The van der Waals surface area contributed by atoms with E-state index in [1.54, 1.807) is 42.5 Å². The molecule has 0 bridgehead atoms. The van der Waals surface area contributed by atoms with Crippen molar-refractivity contribution in [2.75, 3.05) is 24.7 Å². The number of thiazole rings is 1. The Hall–Kier alpha value is -5.35. The summed E-state index contributed by atoms with van der Waals surface area (Å²) < 4.78 is 23.7. The predicted octanol–water partition coefficient (Wildman–Crippen LogP) is 6.67. The van der Waals surface area contributed by atoms with Gasteiger partial charge in [-0.1, -0.05) is 53.8 Å². The summed E-state index contributed by atoms with van der Waals surface area (Å²) in [5.74, 6) is 0.382. The Kier molecular flexibility index (Phi) is 7.56. The van der Waals surface area contributed by atoms with E-state index in [4.69, 9.17) is 23.9 Å². The molecule has 9 nitrogen and oxygen atoms in total. The second-order valence-corrected chi connectivity index (χ2v) is 11.4. The molecular weight excluding hydrogens is 592 g/mol. The lowest BCUT2D eigenvalue weighted by Crippen LogP contribution is -2.29. The molecule has 7 rings (SSSR count). The third-order valence-corrected chi connectivity index (χ3v) is 8.59. The number of hydrogen-bond acceptors (Lipinski definition) is 9. The van der Waals surface area contributed by atoms with Gasteiger partial charge in [0.2, 0.25) is 0 Å². The molecule has 2 aliphatic rings. The van der Waals surface area contributed by atoms with Gasteiger partial charge in [-0.3, -0.25) is 14.5 Å². The Labute approximate surface area is 262 Å². The van der Waals surface area contributed by atoms with Gasteiger partial charge in [0, 0.05) is 5.56 Å². The topological polar surface area (TPSA) is 107 Å². The Morgan fingerprint density at radius 3 is 2.44 bits per heavy atom. The van der Waals surface area contributed by atoms with Crippen molar-refractivity contribution in [2.45, 2.75) is 19.6 Å². The van der Waals surface area contributed by atoms with Gasteiger partial charge in [-0.15, -0.1) is 0 Å². The van der Waals surface area contributed by atoms with Crippen LogP contribution in [0, 0.1) is 0 Å². The number of aliphatic hydroxyl groups excluding tert-OH is 1. The number of carbonyl (C=O) groups is 2. The van der Waals surface area contributed by atoms with Crippen LogP contribution in [0.25, 0.3) is 16.0 Å². The van der Waals surface area contributed by atoms with Crippen LogP contribution in [0.4, 0.5) is 5.13 Å². The first-order valence-electron chi connectivity index (χ1n) is 14.5. The van der Waals surface area contributed by atoms with E-state index in [1.807, 2.05) is 55.5 Å². The minimum Gasteiger partial charge on any atom is -0.507 e. The number of ketones is 1. The number of amides is 1. The van der Waals surface area contributed by atoms with E-state index in [1.165, 1.54) is 16.2 Å². The molecule has 45 heavy (non-hydrogen) atoms. The van der Waals surface area contributed by atoms with Crippen LogP contribution >= 0.6 is 11.3 Å². The average molecular weight is 621 g/mol. The van der Waals surface area contributed by atoms with E-state index in [0.717, 1.165) is 10.3 Å². The highest BCUT2D eigenvalue weighted by molar-refractivity contribution is 7.22. The highest BCUT2D eigenvalue weighted by atomic mass is 32.1. The number of ether oxygens (including phenoxy) is 4. The number of Topliss-reactive ketones (excluding diaryl/α,β-unsaturated/α-hetero) is 1. The molecule has 226 valence electrons. The smallest absolute Gasteiger partial charge is 0.301 e. The average Bonchev–Trinajstić information content (AvgIpc) is 3.61. The highest BCUT2D eigenvalue weighted by Gasteiger charge is 2.48. The molecule has 10 heteroatoms. The number of aromatic nitrogens is 1. The van der Waals surface area contributed by atoms with Gasteiger partial charge in [-0.2, -0.15) is 0 Å². The Balaban J connectivity index is 1.30. The molecule has 2 aliphatic heterocycles. The summed E-state index contributed by atoms with van der Waals surface area (Å²) >= 11 is 1.27. The standard InChI is InChI=1S/C35H28N2O7S/c1-2-41-25-13-14-26-29(19-25)45-35(36-26)37-31(22-8-11-24(12-9-22)44-20-21-6-4-3-5-7-21)30(33(39)34(37)40)32(38)23-10-15-27-28(18-23)43-17-16-42-27/h3-15,18-19,31,38H,2,16-17,20H2,1H3/b32-30+/t31-/m0/s1. The van der Waals surface area contributed by atoms with Crippen LogP contribution in [0.3, 0.4) is 0 Å². The molecular formula is C35H28N2O7S. The molecule has 0 spiro atoms. The van der Waals surface area contributed by atoms with Crippen LogP contribution in [0.5, 0.6) is 23.0 Å². The van der Waals surface area contributed by atoms with Crippen LogP contribution < -0.4 is 23.8 Å². The van der Waals surface area contributed by atoms with Gasteiger partial charge in [0.25, 0.3) is 5.78 Å². The zero-order valence-electron chi connectivity index (χ0n) is 24.3. The fourth-order valence-corrected chi connectivity index (χ4v) is 6.45. The molecule has 5 aromatic rings. The van der Waals surface area contributed by atoms with E-state index in [9.17, 15) is 14.7 Å². The Bertz CT molecular complexity index is 1940. The second kappa shape index (κ2) is 12.0. The van der Waals surface area contributed by atoms with Gasteiger partial charge >= 0.3 is 5.91 Å². The molecule has 0 unspecified atom stereocenters. The van der Waals surface area contributed by atoms with Gasteiger partial charge in [0.15, 0.2) is 16.6 Å². The zero-order chi connectivity index (χ0) is 30.9. The minimum atomic E-state index is -0.951. The first-order chi connectivity index (χ1) is 22.0. The van der Waals surface area contributed by atoms with E-state index in [2.05, 4.69) is 0 Å². The molecule has 0 radical (unpaired) electrons. The Morgan fingerprint density at radius 1 is 0.911 bits per heavy atom. The van der Waals surface area contributed by atoms with Gasteiger partial charge in [0.1, 0.15) is 37.1 Å². The molecule has 3 heterocycles. The molecule has 0 saturated carbocycles. The summed E-state index contributed by atoms with van der Waals surface area (Å²) in [5, 5.41) is 12.0. The fraction of sp³-hybridized carbons (Fsp3) is 0.171. The molecule has 1 fully saturated rings. The number of aliphatic hydroxyl groups is 1. The maximum atomic E-state index is 13.7. The van der Waals surface area contributed by atoms with E-state index in [0.29, 0.717) is 71.2 Å². The number of benzene rings is 4. The van der Waals surface area contributed by atoms with E-state index in [-0.39, 0.29) is 11.3 Å². The number of rotatable bonds is 8. The van der Waals surface area contributed by atoms with Crippen molar-refractivity contribution in [3.63, 3.8) is 0 Å². The summed E-state index contributed by atoms with van der Waals surface area (Å²) in [6, 6.07) is 26.4. The fourth-order valence-electron chi connectivity index (χ4n) is 5.43.